The molecule has 2 unspecified atom stereocenters. The van der Waals surface area contributed by atoms with Crippen LogP contribution in [0, 0.1) is 11.6 Å². The van der Waals surface area contributed by atoms with Gasteiger partial charge in [-0.15, -0.1) is 0 Å². The molecule has 2 aromatic carbocycles. The molecule has 0 radical (unpaired) electrons. The molecule has 0 saturated heterocycles. The Labute approximate surface area is 224 Å². The predicted octanol–water partition coefficient (Wildman–Crippen LogP) is 4.51. The summed E-state index contributed by atoms with van der Waals surface area (Å²) in [5.41, 5.74) is 0.518. The van der Waals surface area contributed by atoms with Crippen LogP contribution in [0.1, 0.15) is 30.9 Å². The predicted molar refractivity (Wildman–Crippen MR) is 134 cm³/mol. The van der Waals surface area contributed by atoms with Crippen LogP contribution in [-0.4, -0.2) is 29.3 Å². The van der Waals surface area contributed by atoms with E-state index in [4.69, 9.17) is 17.3 Å². The lowest BCUT2D eigenvalue weighted by molar-refractivity contribution is -0.131. The maximum atomic E-state index is 16.2. The van der Waals surface area contributed by atoms with Gasteiger partial charge in [0.05, 0.1) is 12.5 Å². The van der Waals surface area contributed by atoms with E-state index in [9.17, 15) is 27.6 Å². The van der Waals surface area contributed by atoms with Crippen LogP contribution in [0.25, 0.3) is 0 Å². The summed E-state index contributed by atoms with van der Waals surface area (Å²) < 4.78 is 61.9. The van der Waals surface area contributed by atoms with Crippen LogP contribution in [0.4, 0.5) is 17.6 Å². The van der Waals surface area contributed by atoms with Crippen molar-refractivity contribution in [3.8, 4) is 0 Å². The quantitative estimate of drug-likeness (QED) is 0.352. The van der Waals surface area contributed by atoms with Gasteiger partial charge >= 0.3 is 0 Å². The van der Waals surface area contributed by atoms with Crippen LogP contribution in [0.2, 0.25) is 5.02 Å². The molecule has 6 nitrogen and oxygen atoms in total. The zero-order valence-corrected chi connectivity index (χ0v) is 21.5. The molecule has 1 aliphatic carbocycles. The molecule has 0 spiro atoms. The summed E-state index contributed by atoms with van der Waals surface area (Å²) in [4.78, 5) is 38.4. The summed E-state index contributed by atoms with van der Waals surface area (Å²) >= 11 is 7.12. The smallest absolute Gasteiger partial charge is 0.247 e. The molecule has 0 aromatic heterocycles. The van der Waals surface area contributed by atoms with E-state index in [-0.39, 0.29) is 12.0 Å². The molecule has 38 heavy (non-hydrogen) atoms. The Morgan fingerprint density at radius 1 is 1.24 bits per heavy atom. The Morgan fingerprint density at radius 3 is 2.68 bits per heavy atom. The summed E-state index contributed by atoms with van der Waals surface area (Å²) in [6.45, 7) is 1.08. The van der Waals surface area contributed by atoms with Crippen molar-refractivity contribution in [3.63, 3.8) is 0 Å². The molecule has 3 atom stereocenters. The largest absolute Gasteiger partial charge is 0.367 e. The van der Waals surface area contributed by atoms with Crippen molar-refractivity contribution in [1.29, 1.82) is 0 Å². The number of nitrogens with two attached hydrogens (primary N) is 1. The van der Waals surface area contributed by atoms with Crippen LogP contribution in [0.3, 0.4) is 0 Å². The van der Waals surface area contributed by atoms with E-state index in [1.165, 1.54) is 0 Å². The standard InChI is InChI=1S/C26H22ClF4N3O3S/c1-25(24(32)37,17-11-16(28)4-5-18(17)29)33-22(35)9-13-8-19(30)23(36)26(31,12-13)21-7-2-14-10-15(27)3-6-20(14)38-34-21/h3-6,8,10-12,21,34H,2,7,9H2,1H3,(H2,32,37)(H,33,35)/t21?,25-,26?/m1/s1. The second kappa shape index (κ2) is 10.5. The number of hydrogen-bond donors (Lipinski definition) is 3. The Morgan fingerprint density at radius 2 is 1.97 bits per heavy atom. The third-order valence-corrected chi connectivity index (χ3v) is 7.79. The minimum Gasteiger partial charge on any atom is -0.367 e. The Kier molecular flexibility index (Phi) is 7.74. The highest BCUT2D eigenvalue weighted by atomic mass is 35.5. The van der Waals surface area contributed by atoms with E-state index < -0.39 is 64.3 Å². The van der Waals surface area contributed by atoms with Crippen molar-refractivity contribution in [2.45, 2.75) is 48.3 Å². The number of benzene rings is 2. The minimum absolute atomic E-state index is 0.116. The van der Waals surface area contributed by atoms with Crippen molar-refractivity contribution in [2.75, 3.05) is 0 Å². The number of ketones is 1. The first-order chi connectivity index (χ1) is 17.8. The normalized spacial score (nSPS) is 22.9. The number of hydrogen-bond acceptors (Lipinski definition) is 5. The highest BCUT2D eigenvalue weighted by Gasteiger charge is 2.49. The molecule has 0 fully saturated rings. The average Bonchev–Trinajstić information content (AvgIpc) is 3.06. The van der Waals surface area contributed by atoms with Gasteiger partial charge < -0.3 is 11.1 Å². The van der Waals surface area contributed by atoms with Crippen LogP contribution < -0.4 is 15.8 Å². The second-order valence-electron chi connectivity index (χ2n) is 9.21. The van der Waals surface area contributed by atoms with Gasteiger partial charge in [0.25, 0.3) is 0 Å². The number of rotatable bonds is 6. The number of primary amides is 1. The molecule has 200 valence electrons. The zero-order chi connectivity index (χ0) is 27.8. The lowest BCUT2D eigenvalue weighted by Gasteiger charge is -2.32. The molecule has 4 N–H and O–H groups in total. The van der Waals surface area contributed by atoms with Crippen molar-refractivity contribution in [3.05, 3.63) is 87.7 Å². The van der Waals surface area contributed by atoms with Crippen LogP contribution in [-0.2, 0) is 26.3 Å². The number of allylic oxidation sites excluding steroid dienone is 2. The number of fused-ring (bicyclic) bond motifs is 1. The first kappa shape index (κ1) is 27.9. The summed E-state index contributed by atoms with van der Waals surface area (Å²) in [6.07, 6.45) is 1.38. The third kappa shape index (κ3) is 5.36. The van der Waals surface area contributed by atoms with E-state index >= 15 is 4.39 Å². The number of Topliss-reactive ketones (excluding diaryl/α,β-unsaturated/α-hetero) is 1. The Balaban J connectivity index is 1.57. The average molecular weight is 568 g/mol. The van der Waals surface area contributed by atoms with Crippen LogP contribution in [0.5, 0.6) is 0 Å². The molecule has 1 aliphatic heterocycles. The Hall–Kier alpha value is -3.15. The van der Waals surface area contributed by atoms with E-state index in [2.05, 4.69) is 10.0 Å². The molecule has 2 aromatic rings. The molecule has 0 bridgehead atoms. The lowest BCUT2D eigenvalue weighted by Crippen LogP contribution is -2.53. The molecule has 4 rings (SSSR count). The first-order valence-electron chi connectivity index (χ1n) is 11.4. The van der Waals surface area contributed by atoms with Crippen molar-refractivity contribution in [1.82, 2.24) is 10.0 Å². The van der Waals surface area contributed by atoms with Gasteiger partial charge in [-0.25, -0.2) is 17.6 Å². The SMILES string of the molecule is C[C@](NC(=O)CC1=CC(F)(C2CCc3cc(Cl)ccc3SN2)C(=O)C(F)=C1)(C(N)=O)c1cc(F)ccc1F. The van der Waals surface area contributed by atoms with Gasteiger partial charge in [0.15, 0.2) is 5.83 Å². The van der Waals surface area contributed by atoms with Gasteiger partial charge in [0.1, 0.15) is 17.2 Å². The third-order valence-electron chi connectivity index (χ3n) is 6.53. The van der Waals surface area contributed by atoms with Crippen LogP contribution in [0.15, 0.2) is 64.8 Å². The number of alkyl halides is 1. The van der Waals surface area contributed by atoms with E-state index in [1.54, 1.807) is 18.2 Å². The fourth-order valence-electron chi connectivity index (χ4n) is 4.43. The number of carbonyl (C=O) groups is 3. The molecule has 2 aliphatic rings. The highest BCUT2D eigenvalue weighted by molar-refractivity contribution is 7.97. The van der Waals surface area contributed by atoms with Gasteiger partial charge in [0, 0.05) is 15.5 Å². The van der Waals surface area contributed by atoms with Gasteiger partial charge in [-0.05, 0) is 91.4 Å². The second-order valence-corrected chi connectivity index (χ2v) is 10.5. The Bertz CT molecular complexity index is 1400. The number of halogens is 5. The van der Waals surface area contributed by atoms with Gasteiger partial charge in [0.2, 0.25) is 23.3 Å². The molecule has 1 heterocycles. The summed E-state index contributed by atoms with van der Waals surface area (Å²) in [5.74, 6) is -6.81. The fourth-order valence-corrected chi connectivity index (χ4v) is 5.61. The first-order valence-corrected chi connectivity index (χ1v) is 12.6. The topological polar surface area (TPSA) is 101 Å². The van der Waals surface area contributed by atoms with Gasteiger partial charge in [-0.2, -0.15) is 0 Å². The maximum Gasteiger partial charge on any atom is 0.247 e. The van der Waals surface area contributed by atoms with Crippen molar-refractivity contribution in [2.24, 2.45) is 5.73 Å². The summed E-state index contributed by atoms with van der Waals surface area (Å²) in [5, 5.41) is 2.73. The molecular weight excluding hydrogens is 546 g/mol. The van der Waals surface area contributed by atoms with E-state index in [0.29, 0.717) is 17.5 Å². The molecule has 12 heteroatoms. The van der Waals surface area contributed by atoms with Crippen molar-refractivity contribution < 1.29 is 31.9 Å². The number of aryl methyl sites for hydroxylation is 1. The van der Waals surface area contributed by atoms with Gasteiger partial charge in [-0.3, -0.25) is 19.1 Å². The van der Waals surface area contributed by atoms with Crippen LogP contribution >= 0.6 is 23.5 Å². The molecular formula is C26H22ClF4N3O3S. The summed E-state index contributed by atoms with van der Waals surface area (Å²) in [7, 11) is 0. The number of carbonyl (C=O) groups excluding carboxylic acids is 3. The van der Waals surface area contributed by atoms with E-state index in [1.807, 2.05) is 0 Å². The lowest BCUT2D eigenvalue weighted by atomic mass is 9.82. The van der Waals surface area contributed by atoms with Crippen molar-refractivity contribution >= 4 is 41.1 Å². The van der Waals surface area contributed by atoms with Gasteiger partial charge in [-0.1, -0.05) is 11.6 Å². The fraction of sp³-hybridized carbons (Fsp3) is 0.269. The molecule has 0 saturated carbocycles. The zero-order valence-electron chi connectivity index (χ0n) is 19.9. The molecule has 2 amide bonds. The summed E-state index contributed by atoms with van der Waals surface area (Å²) in [6, 6.07) is 6.30. The monoisotopic (exact) mass is 567 g/mol. The number of amides is 2. The van der Waals surface area contributed by atoms with E-state index in [0.717, 1.165) is 53.6 Å². The minimum atomic E-state index is -2.82. The highest BCUT2D eigenvalue weighted by Crippen LogP contribution is 2.38. The number of nitrogens with one attached hydrogen (secondary N) is 2. The maximum absolute atomic E-state index is 16.2.